The van der Waals surface area contributed by atoms with E-state index in [2.05, 4.69) is 10.2 Å². The summed E-state index contributed by atoms with van der Waals surface area (Å²) in [5, 5.41) is 3.35. The summed E-state index contributed by atoms with van der Waals surface area (Å²) < 4.78 is 0. The van der Waals surface area contributed by atoms with Crippen LogP contribution in [0.5, 0.6) is 0 Å². The van der Waals surface area contributed by atoms with Crippen LogP contribution in [0, 0.1) is 0 Å². The summed E-state index contributed by atoms with van der Waals surface area (Å²) in [6, 6.07) is 6.72. The topological polar surface area (TPSA) is 64.3 Å². The second-order valence-corrected chi connectivity index (χ2v) is 3.42. The second-order valence-electron chi connectivity index (χ2n) is 2.99. The van der Waals surface area contributed by atoms with Crippen LogP contribution in [0.4, 0.5) is 0 Å². The minimum Gasteiger partial charge on any atom is -0.352 e. The fourth-order valence-electron chi connectivity index (χ4n) is 1.06. The highest BCUT2D eigenvalue weighted by molar-refractivity contribution is 6.30. The van der Waals surface area contributed by atoms with Gasteiger partial charge in [-0.2, -0.15) is 0 Å². The summed E-state index contributed by atoms with van der Waals surface area (Å²) in [6.45, 7) is 0.972. The number of carbonyl (C=O) groups excluding carboxylic acids is 1. The molecule has 0 aromatic heterocycles. The summed E-state index contributed by atoms with van der Waals surface area (Å²) in [6.07, 6.45) is 0.690. The van der Waals surface area contributed by atoms with E-state index < -0.39 is 0 Å². The molecule has 1 aromatic rings. The van der Waals surface area contributed by atoms with E-state index in [0.717, 1.165) is 0 Å². The Morgan fingerprint density at radius 1 is 1.40 bits per heavy atom. The van der Waals surface area contributed by atoms with E-state index in [-0.39, 0.29) is 5.91 Å². The van der Waals surface area contributed by atoms with E-state index in [1.54, 1.807) is 24.3 Å². The van der Waals surface area contributed by atoms with Crippen LogP contribution in [0.15, 0.2) is 24.3 Å². The largest absolute Gasteiger partial charge is 0.352 e. The molecule has 0 bridgehead atoms. The van der Waals surface area contributed by atoms with E-state index in [9.17, 15) is 4.79 Å². The maximum Gasteiger partial charge on any atom is 0.251 e. The molecule has 0 unspecified atom stereocenters. The highest BCUT2D eigenvalue weighted by atomic mass is 35.5. The Morgan fingerprint density at radius 3 is 2.67 bits per heavy atom. The molecule has 0 radical (unpaired) electrons. The summed E-state index contributed by atoms with van der Waals surface area (Å²) in [5.41, 5.74) is 0.591. The van der Waals surface area contributed by atoms with E-state index in [1.807, 2.05) is 0 Å². The highest BCUT2D eigenvalue weighted by Gasteiger charge is 2.03. The molecule has 0 saturated carbocycles. The number of halogens is 1. The van der Waals surface area contributed by atoms with Gasteiger partial charge in [0.15, 0.2) is 0 Å². The molecule has 0 aliphatic heterocycles. The van der Waals surface area contributed by atoms with Crippen molar-refractivity contribution in [1.29, 1.82) is 0 Å². The van der Waals surface area contributed by atoms with Crippen LogP contribution in [0.25, 0.3) is 0 Å². The summed E-state index contributed by atoms with van der Waals surface area (Å²) in [4.78, 5) is 15.9. The van der Waals surface area contributed by atoms with Crippen molar-refractivity contribution in [3.63, 3.8) is 0 Å². The van der Waals surface area contributed by atoms with Gasteiger partial charge in [-0.25, -0.2) is 5.90 Å². The van der Waals surface area contributed by atoms with Crippen molar-refractivity contribution >= 4 is 17.5 Å². The van der Waals surface area contributed by atoms with Gasteiger partial charge >= 0.3 is 0 Å². The Labute approximate surface area is 93.3 Å². The average Bonchev–Trinajstić information content (AvgIpc) is 2.25. The molecule has 4 nitrogen and oxygen atoms in total. The number of amides is 1. The number of hydrogen-bond acceptors (Lipinski definition) is 3. The quantitative estimate of drug-likeness (QED) is 0.591. The van der Waals surface area contributed by atoms with Crippen LogP contribution in [0.1, 0.15) is 16.8 Å². The molecule has 0 fully saturated rings. The van der Waals surface area contributed by atoms with Gasteiger partial charge in [0.1, 0.15) is 0 Å². The maximum atomic E-state index is 11.5. The summed E-state index contributed by atoms with van der Waals surface area (Å²) in [7, 11) is 0. The molecule has 0 aliphatic carbocycles. The van der Waals surface area contributed by atoms with Crippen LogP contribution in [0.2, 0.25) is 5.02 Å². The fourth-order valence-corrected chi connectivity index (χ4v) is 1.19. The van der Waals surface area contributed by atoms with Crippen LogP contribution in [-0.2, 0) is 4.84 Å². The summed E-state index contributed by atoms with van der Waals surface area (Å²) >= 11 is 5.70. The smallest absolute Gasteiger partial charge is 0.251 e. The van der Waals surface area contributed by atoms with Crippen molar-refractivity contribution in [2.75, 3.05) is 13.2 Å². The number of hydrogen-bond donors (Lipinski definition) is 2. The van der Waals surface area contributed by atoms with Gasteiger partial charge in [-0.15, -0.1) is 0 Å². The number of nitrogens with two attached hydrogens (primary N) is 1. The third-order valence-electron chi connectivity index (χ3n) is 1.83. The van der Waals surface area contributed by atoms with E-state index in [0.29, 0.717) is 30.2 Å². The zero-order valence-electron chi connectivity index (χ0n) is 8.20. The van der Waals surface area contributed by atoms with Crippen molar-refractivity contribution in [3.05, 3.63) is 34.9 Å². The second kappa shape index (κ2) is 6.40. The van der Waals surface area contributed by atoms with Gasteiger partial charge in [0.2, 0.25) is 0 Å². The fraction of sp³-hybridized carbons (Fsp3) is 0.300. The average molecular weight is 229 g/mol. The first-order valence-corrected chi connectivity index (χ1v) is 4.97. The lowest BCUT2D eigenvalue weighted by Gasteiger charge is -2.04. The first-order chi connectivity index (χ1) is 7.24. The Balaban J connectivity index is 2.37. The van der Waals surface area contributed by atoms with E-state index in [1.165, 1.54) is 0 Å². The molecule has 0 saturated heterocycles. The van der Waals surface area contributed by atoms with Crippen molar-refractivity contribution < 1.29 is 9.63 Å². The highest BCUT2D eigenvalue weighted by Crippen LogP contribution is 2.09. The summed E-state index contributed by atoms with van der Waals surface area (Å²) in [5.74, 6) is 4.72. The number of benzene rings is 1. The predicted molar refractivity (Wildman–Crippen MR) is 58.5 cm³/mol. The molecule has 1 aromatic carbocycles. The lowest BCUT2D eigenvalue weighted by molar-refractivity contribution is 0.0941. The van der Waals surface area contributed by atoms with Gasteiger partial charge in [-0.1, -0.05) is 11.6 Å². The van der Waals surface area contributed by atoms with Gasteiger partial charge in [0, 0.05) is 17.1 Å². The maximum absolute atomic E-state index is 11.5. The minimum absolute atomic E-state index is 0.122. The third kappa shape index (κ3) is 4.29. The van der Waals surface area contributed by atoms with Crippen LogP contribution in [0.3, 0.4) is 0 Å². The van der Waals surface area contributed by atoms with Crippen molar-refractivity contribution in [1.82, 2.24) is 5.32 Å². The molecule has 3 N–H and O–H groups in total. The monoisotopic (exact) mass is 228 g/mol. The van der Waals surface area contributed by atoms with Crippen LogP contribution in [-0.4, -0.2) is 19.1 Å². The zero-order chi connectivity index (χ0) is 11.1. The van der Waals surface area contributed by atoms with Gasteiger partial charge in [0.05, 0.1) is 6.61 Å². The van der Waals surface area contributed by atoms with Crippen LogP contribution >= 0.6 is 11.6 Å². The molecule has 1 amide bonds. The van der Waals surface area contributed by atoms with Crippen molar-refractivity contribution in [2.45, 2.75) is 6.42 Å². The third-order valence-corrected chi connectivity index (χ3v) is 2.08. The molecule has 0 spiro atoms. The molecular formula is C10H13ClN2O2. The zero-order valence-corrected chi connectivity index (χ0v) is 8.96. The lowest BCUT2D eigenvalue weighted by atomic mass is 10.2. The number of carbonyl (C=O) groups is 1. The molecule has 0 heterocycles. The first-order valence-electron chi connectivity index (χ1n) is 4.59. The molecular weight excluding hydrogens is 216 g/mol. The standard InChI is InChI=1S/C10H13ClN2O2/c11-9-4-2-8(3-5-9)10(14)13-6-1-7-15-12/h2-5H,1,6-7,12H2,(H,13,14). The molecule has 82 valence electrons. The Hall–Kier alpha value is -1.10. The van der Waals surface area contributed by atoms with Crippen molar-refractivity contribution in [2.24, 2.45) is 5.90 Å². The Kier molecular flexibility index (Phi) is 5.10. The Morgan fingerprint density at radius 2 is 2.07 bits per heavy atom. The normalized spacial score (nSPS) is 10.0. The number of rotatable bonds is 5. The van der Waals surface area contributed by atoms with Gasteiger partial charge < -0.3 is 10.2 Å². The first kappa shape index (κ1) is 12.0. The molecule has 15 heavy (non-hydrogen) atoms. The SMILES string of the molecule is NOCCCNC(=O)c1ccc(Cl)cc1. The van der Waals surface area contributed by atoms with E-state index in [4.69, 9.17) is 17.5 Å². The Bertz CT molecular complexity index is 314. The van der Waals surface area contributed by atoms with Crippen LogP contribution < -0.4 is 11.2 Å². The van der Waals surface area contributed by atoms with Gasteiger partial charge in [-0.05, 0) is 30.7 Å². The predicted octanol–water partition coefficient (Wildman–Crippen LogP) is 1.35. The molecule has 1 rings (SSSR count). The van der Waals surface area contributed by atoms with E-state index >= 15 is 0 Å². The molecule has 0 atom stereocenters. The molecule has 5 heteroatoms. The molecule has 0 aliphatic rings. The van der Waals surface area contributed by atoms with Crippen molar-refractivity contribution in [3.8, 4) is 0 Å². The minimum atomic E-state index is -0.122. The number of nitrogens with one attached hydrogen (secondary N) is 1. The lowest BCUT2D eigenvalue weighted by Crippen LogP contribution is -2.25. The van der Waals surface area contributed by atoms with Gasteiger partial charge in [0.25, 0.3) is 5.91 Å². The van der Waals surface area contributed by atoms with Gasteiger partial charge in [-0.3, -0.25) is 4.79 Å².